The van der Waals surface area contributed by atoms with Gasteiger partial charge in [-0.2, -0.15) is 0 Å². The van der Waals surface area contributed by atoms with Crippen LogP contribution in [-0.2, 0) is 17.8 Å². The molecule has 1 N–H and O–H groups in total. The number of benzene rings is 2. The first-order valence-electron chi connectivity index (χ1n) is 8.70. The maximum atomic E-state index is 12.6. The molecule has 0 atom stereocenters. The molecule has 0 aromatic heterocycles. The van der Waals surface area contributed by atoms with E-state index in [-0.39, 0.29) is 5.91 Å². The lowest BCUT2D eigenvalue weighted by Crippen LogP contribution is -2.32. The standard InChI is InChI=1S/C21H25ClN2O3/c1-21(2,3)27-20(26)23-13-15-8-10-17(11-9-15)19(25)24(4)14-16-6-5-7-18(22)12-16/h5-12H,13-14H2,1-4H3,(H,23,26). The predicted molar refractivity (Wildman–Crippen MR) is 107 cm³/mol. The van der Waals surface area contributed by atoms with Crippen molar-refractivity contribution < 1.29 is 14.3 Å². The number of hydrogen-bond acceptors (Lipinski definition) is 3. The number of carbonyl (C=O) groups is 2. The minimum atomic E-state index is -0.534. The molecule has 0 unspecified atom stereocenters. The molecule has 27 heavy (non-hydrogen) atoms. The monoisotopic (exact) mass is 388 g/mol. The van der Waals surface area contributed by atoms with E-state index in [2.05, 4.69) is 5.32 Å². The van der Waals surface area contributed by atoms with E-state index in [1.54, 1.807) is 30.1 Å². The molecule has 0 saturated heterocycles. The topological polar surface area (TPSA) is 58.6 Å². The van der Waals surface area contributed by atoms with E-state index in [9.17, 15) is 9.59 Å². The van der Waals surface area contributed by atoms with Crippen LogP contribution >= 0.6 is 11.6 Å². The third-order valence-electron chi connectivity index (χ3n) is 3.69. The molecule has 2 aromatic carbocycles. The van der Waals surface area contributed by atoms with Gasteiger partial charge in [-0.3, -0.25) is 4.79 Å². The van der Waals surface area contributed by atoms with Gasteiger partial charge in [0.1, 0.15) is 5.60 Å². The summed E-state index contributed by atoms with van der Waals surface area (Å²) in [6, 6.07) is 14.6. The minimum Gasteiger partial charge on any atom is -0.444 e. The second kappa shape index (κ2) is 8.91. The highest BCUT2D eigenvalue weighted by Crippen LogP contribution is 2.14. The van der Waals surface area contributed by atoms with Gasteiger partial charge in [-0.25, -0.2) is 4.79 Å². The van der Waals surface area contributed by atoms with Crippen molar-refractivity contribution >= 4 is 23.6 Å². The molecule has 0 aliphatic rings. The van der Waals surface area contributed by atoms with Crippen LogP contribution in [0.1, 0.15) is 42.3 Å². The summed E-state index contributed by atoms with van der Waals surface area (Å²) in [4.78, 5) is 25.9. The second-order valence-electron chi connectivity index (χ2n) is 7.34. The van der Waals surface area contributed by atoms with Crippen LogP contribution in [0.2, 0.25) is 5.02 Å². The Morgan fingerprint density at radius 1 is 1.07 bits per heavy atom. The summed E-state index contributed by atoms with van der Waals surface area (Å²) in [6.45, 7) is 6.25. The van der Waals surface area contributed by atoms with Gasteiger partial charge in [0.15, 0.2) is 0 Å². The molecule has 0 bridgehead atoms. The van der Waals surface area contributed by atoms with Crippen molar-refractivity contribution in [2.24, 2.45) is 0 Å². The van der Waals surface area contributed by atoms with Crippen molar-refractivity contribution in [3.63, 3.8) is 0 Å². The highest BCUT2D eigenvalue weighted by molar-refractivity contribution is 6.30. The van der Waals surface area contributed by atoms with Gasteiger partial charge in [0.25, 0.3) is 5.91 Å². The normalized spacial score (nSPS) is 11.0. The molecule has 0 radical (unpaired) electrons. The number of carbonyl (C=O) groups excluding carboxylic acids is 2. The Labute approximate surface area is 165 Å². The van der Waals surface area contributed by atoms with Gasteiger partial charge in [0.2, 0.25) is 0 Å². The number of hydrogen-bond donors (Lipinski definition) is 1. The maximum Gasteiger partial charge on any atom is 0.407 e. The number of rotatable bonds is 5. The molecule has 2 rings (SSSR count). The number of amides is 2. The highest BCUT2D eigenvalue weighted by atomic mass is 35.5. The molecule has 0 aliphatic carbocycles. The average Bonchev–Trinajstić information content (AvgIpc) is 2.58. The molecule has 0 saturated carbocycles. The van der Waals surface area contributed by atoms with E-state index >= 15 is 0 Å². The van der Waals surface area contributed by atoms with Crippen LogP contribution in [0.25, 0.3) is 0 Å². The van der Waals surface area contributed by atoms with Crippen molar-refractivity contribution in [1.82, 2.24) is 10.2 Å². The van der Waals surface area contributed by atoms with E-state index in [0.29, 0.717) is 23.7 Å². The zero-order valence-corrected chi connectivity index (χ0v) is 16.8. The van der Waals surface area contributed by atoms with E-state index in [1.165, 1.54) is 0 Å². The van der Waals surface area contributed by atoms with Crippen molar-refractivity contribution in [2.75, 3.05) is 7.05 Å². The van der Waals surface area contributed by atoms with Crippen molar-refractivity contribution in [1.29, 1.82) is 0 Å². The molecular weight excluding hydrogens is 364 g/mol. The first-order chi connectivity index (χ1) is 12.6. The second-order valence-corrected chi connectivity index (χ2v) is 7.78. The lowest BCUT2D eigenvalue weighted by atomic mass is 10.1. The van der Waals surface area contributed by atoms with E-state index < -0.39 is 11.7 Å². The van der Waals surface area contributed by atoms with Crippen molar-refractivity contribution in [2.45, 2.75) is 39.5 Å². The zero-order chi connectivity index (χ0) is 20.0. The van der Waals surface area contributed by atoms with Crippen molar-refractivity contribution in [3.05, 3.63) is 70.2 Å². The quantitative estimate of drug-likeness (QED) is 0.811. The fourth-order valence-electron chi connectivity index (χ4n) is 2.45. The van der Waals surface area contributed by atoms with Gasteiger partial charge < -0.3 is 15.0 Å². The van der Waals surface area contributed by atoms with E-state index in [4.69, 9.17) is 16.3 Å². The molecule has 5 nitrogen and oxygen atoms in total. The van der Waals surface area contributed by atoms with Gasteiger partial charge in [-0.15, -0.1) is 0 Å². The van der Waals surface area contributed by atoms with Crippen LogP contribution < -0.4 is 5.32 Å². The van der Waals surface area contributed by atoms with Crippen molar-refractivity contribution in [3.8, 4) is 0 Å². The van der Waals surface area contributed by atoms with Gasteiger partial charge in [0, 0.05) is 30.7 Å². The third kappa shape index (κ3) is 6.94. The number of nitrogens with one attached hydrogen (secondary N) is 1. The average molecular weight is 389 g/mol. The largest absolute Gasteiger partial charge is 0.444 e. The Hall–Kier alpha value is -2.53. The maximum absolute atomic E-state index is 12.6. The predicted octanol–water partition coefficient (Wildman–Crippen LogP) is 4.64. The Morgan fingerprint density at radius 3 is 2.33 bits per heavy atom. The van der Waals surface area contributed by atoms with Gasteiger partial charge >= 0.3 is 6.09 Å². The Balaban J connectivity index is 1.91. The number of nitrogens with zero attached hydrogens (tertiary/aromatic N) is 1. The van der Waals surface area contributed by atoms with Crippen LogP contribution in [0.4, 0.5) is 4.79 Å². The number of alkyl carbamates (subject to hydrolysis) is 1. The number of halogens is 1. The van der Waals surface area contributed by atoms with Crippen LogP contribution in [0.15, 0.2) is 48.5 Å². The lowest BCUT2D eigenvalue weighted by molar-refractivity contribution is 0.0523. The first kappa shape index (κ1) is 20.8. The van der Waals surface area contributed by atoms with Gasteiger partial charge in [-0.1, -0.05) is 35.9 Å². The van der Waals surface area contributed by atoms with Crippen LogP contribution in [0.3, 0.4) is 0 Å². The summed E-state index contributed by atoms with van der Waals surface area (Å²) in [5.41, 5.74) is 1.90. The van der Waals surface area contributed by atoms with Crippen LogP contribution in [0, 0.1) is 0 Å². The van der Waals surface area contributed by atoms with Crippen LogP contribution in [-0.4, -0.2) is 29.5 Å². The van der Waals surface area contributed by atoms with Crippen LogP contribution in [0.5, 0.6) is 0 Å². The molecule has 144 valence electrons. The summed E-state index contributed by atoms with van der Waals surface area (Å²) in [5, 5.41) is 3.34. The fraction of sp³-hybridized carbons (Fsp3) is 0.333. The summed E-state index contributed by atoms with van der Waals surface area (Å²) in [6.07, 6.45) is -0.469. The third-order valence-corrected chi connectivity index (χ3v) is 3.93. The summed E-state index contributed by atoms with van der Waals surface area (Å²) in [5.74, 6) is -0.0818. The molecule has 6 heteroatoms. The van der Waals surface area contributed by atoms with Gasteiger partial charge in [0.05, 0.1) is 0 Å². The Bertz CT molecular complexity index is 798. The molecule has 0 heterocycles. The molecule has 2 amide bonds. The summed E-state index contributed by atoms with van der Waals surface area (Å²) >= 11 is 5.99. The number of ether oxygens (including phenoxy) is 1. The zero-order valence-electron chi connectivity index (χ0n) is 16.1. The Morgan fingerprint density at radius 2 is 1.74 bits per heavy atom. The first-order valence-corrected chi connectivity index (χ1v) is 9.07. The minimum absolute atomic E-state index is 0.0818. The lowest BCUT2D eigenvalue weighted by Gasteiger charge is -2.20. The Kier molecular flexibility index (Phi) is 6.86. The van der Waals surface area contributed by atoms with E-state index in [1.807, 2.05) is 51.1 Å². The highest BCUT2D eigenvalue weighted by Gasteiger charge is 2.16. The molecule has 0 aliphatic heterocycles. The molecule has 0 spiro atoms. The molecule has 2 aromatic rings. The summed E-state index contributed by atoms with van der Waals surface area (Å²) < 4.78 is 5.20. The molecular formula is C21H25ClN2O3. The molecule has 0 fully saturated rings. The van der Waals surface area contributed by atoms with E-state index in [0.717, 1.165) is 11.1 Å². The summed E-state index contributed by atoms with van der Waals surface area (Å²) in [7, 11) is 1.75. The fourth-order valence-corrected chi connectivity index (χ4v) is 2.67. The smallest absolute Gasteiger partial charge is 0.407 e. The SMILES string of the molecule is CN(Cc1cccc(Cl)c1)C(=O)c1ccc(CNC(=O)OC(C)(C)C)cc1. The van der Waals surface area contributed by atoms with Gasteiger partial charge in [-0.05, 0) is 56.2 Å².